The van der Waals surface area contributed by atoms with Crippen LogP contribution in [0.15, 0.2) is 89.8 Å². The fourth-order valence-corrected chi connectivity index (χ4v) is 1.52. The first kappa shape index (κ1) is 13.6. The van der Waals surface area contributed by atoms with Crippen molar-refractivity contribution in [3.05, 3.63) is 84.8 Å². The second kappa shape index (κ2) is 7.59. The van der Waals surface area contributed by atoms with Crippen LogP contribution in [0.5, 0.6) is 0 Å². The van der Waals surface area contributed by atoms with E-state index in [9.17, 15) is 5.11 Å². The van der Waals surface area contributed by atoms with Crippen LogP contribution >= 0.6 is 0 Å². The van der Waals surface area contributed by atoms with Crippen LogP contribution in [0, 0.1) is 0 Å². The largest absolute Gasteiger partial charge is 0.506 e. The van der Waals surface area contributed by atoms with Crippen molar-refractivity contribution in [1.82, 2.24) is 0 Å². The van der Waals surface area contributed by atoms with Gasteiger partial charge < -0.3 is 10.4 Å². The lowest BCUT2D eigenvalue weighted by Crippen LogP contribution is -1.85. The molecule has 0 saturated heterocycles. The normalized spacial score (nSPS) is 12.1. The van der Waals surface area contributed by atoms with Crippen molar-refractivity contribution in [3.63, 3.8) is 0 Å². The average Bonchev–Trinajstić information content (AvgIpc) is 2.52. The zero-order chi connectivity index (χ0) is 14.0. The molecule has 0 radical (unpaired) electrons. The van der Waals surface area contributed by atoms with Gasteiger partial charge in [0.2, 0.25) is 0 Å². The highest BCUT2D eigenvalue weighted by Gasteiger charge is 1.87. The molecule has 0 aliphatic carbocycles. The molecule has 0 heterocycles. The number of hydrogen-bond acceptors (Lipinski definition) is 3. The summed E-state index contributed by atoms with van der Waals surface area (Å²) < 4.78 is 0. The predicted molar refractivity (Wildman–Crippen MR) is 84.5 cm³/mol. The number of aliphatic hydroxyl groups excluding tert-OH is 1. The lowest BCUT2D eigenvalue weighted by molar-refractivity contribution is 0.446. The van der Waals surface area contributed by atoms with E-state index in [-0.39, 0.29) is 5.76 Å². The summed E-state index contributed by atoms with van der Waals surface area (Å²) in [6.45, 7) is 0. The van der Waals surface area contributed by atoms with Crippen molar-refractivity contribution >= 4 is 17.6 Å². The molecular weight excluding hydrogens is 248 g/mol. The van der Waals surface area contributed by atoms with E-state index in [4.69, 9.17) is 0 Å². The number of para-hydroxylation sites is 2. The minimum Gasteiger partial charge on any atom is -0.506 e. The van der Waals surface area contributed by atoms with E-state index in [0.29, 0.717) is 0 Å². The van der Waals surface area contributed by atoms with Crippen LogP contribution in [0.3, 0.4) is 0 Å². The van der Waals surface area contributed by atoms with Gasteiger partial charge in [-0.3, -0.25) is 4.99 Å². The van der Waals surface area contributed by atoms with Gasteiger partial charge >= 0.3 is 0 Å². The molecule has 20 heavy (non-hydrogen) atoms. The molecule has 0 saturated carbocycles. The van der Waals surface area contributed by atoms with Crippen molar-refractivity contribution in [1.29, 1.82) is 0 Å². The Morgan fingerprint density at radius 3 is 2.30 bits per heavy atom. The Bertz CT molecular complexity index is 601. The monoisotopic (exact) mass is 264 g/mol. The molecule has 0 aliphatic rings. The SMILES string of the molecule is OC(C=Nc1ccccc1)=CC=CNc1ccccc1. The van der Waals surface area contributed by atoms with Crippen LogP contribution in [0.25, 0.3) is 0 Å². The number of anilines is 1. The molecule has 0 amide bonds. The third-order valence-electron chi connectivity index (χ3n) is 2.49. The number of aliphatic hydroxyl groups is 1. The minimum absolute atomic E-state index is 0.0972. The first-order chi connectivity index (χ1) is 9.84. The lowest BCUT2D eigenvalue weighted by Gasteiger charge is -1.97. The number of nitrogens with zero attached hydrogens (tertiary/aromatic N) is 1. The number of rotatable bonds is 5. The summed E-state index contributed by atoms with van der Waals surface area (Å²) in [7, 11) is 0. The molecule has 0 spiro atoms. The Hall–Kier alpha value is -2.81. The van der Waals surface area contributed by atoms with E-state index in [2.05, 4.69) is 10.3 Å². The highest BCUT2D eigenvalue weighted by Crippen LogP contribution is 2.09. The van der Waals surface area contributed by atoms with Crippen molar-refractivity contribution in [3.8, 4) is 0 Å². The number of allylic oxidation sites excluding steroid dienone is 3. The van der Waals surface area contributed by atoms with E-state index in [1.165, 1.54) is 6.21 Å². The first-order valence-electron chi connectivity index (χ1n) is 6.31. The van der Waals surface area contributed by atoms with Crippen molar-refractivity contribution in [2.24, 2.45) is 4.99 Å². The molecule has 0 aromatic heterocycles. The van der Waals surface area contributed by atoms with Gasteiger partial charge in [0.15, 0.2) is 0 Å². The molecule has 2 aromatic rings. The maximum Gasteiger partial charge on any atom is 0.133 e. The summed E-state index contributed by atoms with van der Waals surface area (Å²) in [4.78, 5) is 4.15. The van der Waals surface area contributed by atoms with Crippen LogP contribution in [-0.4, -0.2) is 11.3 Å². The first-order valence-corrected chi connectivity index (χ1v) is 6.31. The molecule has 3 nitrogen and oxygen atoms in total. The van der Waals surface area contributed by atoms with Gasteiger partial charge in [-0.15, -0.1) is 0 Å². The summed E-state index contributed by atoms with van der Waals surface area (Å²) in [5.74, 6) is 0.0972. The van der Waals surface area contributed by atoms with E-state index in [1.54, 1.807) is 18.4 Å². The fraction of sp³-hybridized carbons (Fsp3) is 0. The van der Waals surface area contributed by atoms with Gasteiger partial charge in [0.05, 0.1) is 11.9 Å². The van der Waals surface area contributed by atoms with Crippen molar-refractivity contribution in [2.75, 3.05) is 5.32 Å². The fourth-order valence-electron chi connectivity index (χ4n) is 1.52. The van der Waals surface area contributed by atoms with Crippen molar-refractivity contribution in [2.45, 2.75) is 0 Å². The third kappa shape index (κ3) is 4.82. The Balaban J connectivity index is 1.86. The maximum absolute atomic E-state index is 9.64. The summed E-state index contributed by atoms with van der Waals surface area (Å²) >= 11 is 0. The van der Waals surface area contributed by atoms with Gasteiger partial charge in [-0.1, -0.05) is 36.4 Å². The number of nitrogens with one attached hydrogen (secondary N) is 1. The molecule has 2 aromatic carbocycles. The Morgan fingerprint density at radius 1 is 0.950 bits per heavy atom. The smallest absolute Gasteiger partial charge is 0.133 e. The minimum atomic E-state index is 0.0972. The summed E-state index contributed by atoms with van der Waals surface area (Å²) in [5, 5.41) is 12.7. The van der Waals surface area contributed by atoms with Crippen LogP contribution < -0.4 is 5.32 Å². The second-order valence-electron chi connectivity index (χ2n) is 4.05. The van der Waals surface area contributed by atoms with E-state index < -0.39 is 0 Å². The number of aliphatic imine (C=N–C) groups is 1. The second-order valence-corrected chi connectivity index (χ2v) is 4.05. The van der Waals surface area contributed by atoms with Gasteiger partial charge in [0.1, 0.15) is 5.76 Å². The molecule has 100 valence electrons. The maximum atomic E-state index is 9.64. The predicted octanol–water partition coefficient (Wildman–Crippen LogP) is 4.46. The van der Waals surface area contributed by atoms with E-state index >= 15 is 0 Å². The molecule has 0 aliphatic heterocycles. The van der Waals surface area contributed by atoms with Gasteiger partial charge in [-0.25, -0.2) is 0 Å². The van der Waals surface area contributed by atoms with Crippen molar-refractivity contribution < 1.29 is 5.11 Å². The van der Waals surface area contributed by atoms with E-state index in [0.717, 1.165) is 11.4 Å². The van der Waals surface area contributed by atoms with Gasteiger partial charge in [0, 0.05) is 11.9 Å². The number of benzene rings is 2. The third-order valence-corrected chi connectivity index (χ3v) is 2.49. The topological polar surface area (TPSA) is 44.6 Å². The molecule has 0 bridgehead atoms. The summed E-state index contributed by atoms with van der Waals surface area (Å²) in [6.07, 6.45) is 6.46. The Labute approximate surface area is 118 Å². The number of hydrogen-bond donors (Lipinski definition) is 2. The summed E-state index contributed by atoms with van der Waals surface area (Å²) in [5.41, 5.74) is 1.80. The van der Waals surface area contributed by atoms with Crippen LogP contribution in [0.1, 0.15) is 0 Å². The zero-order valence-corrected chi connectivity index (χ0v) is 11.0. The van der Waals surface area contributed by atoms with Gasteiger partial charge in [-0.2, -0.15) is 0 Å². The van der Waals surface area contributed by atoms with Crippen LogP contribution in [-0.2, 0) is 0 Å². The molecule has 2 rings (SSSR count). The van der Waals surface area contributed by atoms with Gasteiger partial charge in [0.25, 0.3) is 0 Å². The quantitative estimate of drug-likeness (QED) is 0.476. The van der Waals surface area contributed by atoms with Crippen LogP contribution in [0.4, 0.5) is 11.4 Å². The standard InChI is InChI=1S/C17H16N2O/c20-17(14-19-16-10-5-2-6-11-16)12-7-13-18-15-8-3-1-4-9-15/h1-14,18,20H. The average molecular weight is 264 g/mol. The summed E-state index contributed by atoms with van der Waals surface area (Å²) in [6, 6.07) is 19.3. The molecule has 3 heteroatoms. The Morgan fingerprint density at radius 2 is 1.60 bits per heavy atom. The molecule has 2 N–H and O–H groups in total. The molecule has 0 atom stereocenters. The Kier molecular flexibility index (Phi) is 5.17. The molecular formula is C17H16N2O. The van der Waals surface area contributed by atoms with Crippen LogP contribution in [0.2, 0.25) is 0 Å². The highest BCUT2D eigenvalue weighted by atomic mass is 16.3. The van der Waals surface area contributed by atoms with Gasteiger partial charge in [-0.05, 0) is 36.4 Å². The zero-order valence-electron chi connectivity index (χ0n) is 11.0. The lowest BCUT2D eigenvalue weighted by atomic mass is 10.3. The molecule has 0 fully saturated rings. The highest BCUT2D eigenvalue weighted by molar-refractivity contribution is 5.78. The molecule has 0 unspecified atom stereocenters. The van der Waals surface area contributed by atoms with E-state index in [1.807, 2.05) is 60.7 Å².